The van der Waals surface area contributed by atoms with Crippen molar-refractivity contribution in [2.75, 3.05) is 6.61 Å². The van der Waals surface area contributed by atoms with Gasteiger partial charge in [0, 0.05) is 6.20 Å². The zero-order valence-electron chi connectivity index (χ0n) is 15.3. The van der Waals surface area contributed by atoms with E-state index in [1.54, 1.807) is 6.20 Å². The standard InChI is InChI=1S/C15H25BIN2O4P/c1-10-12(20-9-13(2,3)23-24-17)18-8-11(19-10)16-21-14(4,5)15(6,7)22-16/h8,24H,9H2,1-7H3. The predicted octanol–water partition coefficient (Wildman–Crippen LogP) is 3.20. The van der Waals surface area contributed by atoms with Gasteiger partial charge in [0.1, 0.15) is 12.2 Å². The molecule has 2 rings (SSSR count). The first-order chi connectivity index (χ1) is 11.0. The fraction of sp³-hybridized carbons (Fsp3) is 0.733. The highest BCUT2D eigenvalue weighted by Crippen LogP contribution is 2.36. The zero-order chi connectivity index (χ0) is 18.2. The third-order valence-electron chi connectivity index (χ3n) is 4.29. The van der Waals surface area contributed by atoms with E-state index in [-0.39, 0.29) is 5.60 Å². The molecule has 0 spiro atoms. The normalized spacial score (nSPS) is 20.1. The Balaban J connectivity index is 2.08. The van der Waals surface area contributed by atoms with Crippen LogP contribution in [0.15, 0.2) is 6.20 Å². The number of nitrogens with zero attached hydrogens (tertiary/aromatic N) is 2. The molecule has 1 aliphatic rings. The molecule has 9 heteroatoms. The van der Waals surface area contributed by atoms with E-state index in [0.717, 1.165) is 0 Å². The molecule has 24 heavy (non-hydrogen) atoms. The number of halogens is 1. The van der Waals surface area contributed by atoms with Gasteiger partial charge in [-0.15, -0.1) is 0 Å². The highest BCUT2D eigenvalue weighted by molar-refractivity contribution is 14.2. The molecule has 1 fully saturated rings. The van der Waals surface area contributed by atoms with Crippen molar-refractivity contribution in [3.8, 4) is 5.88 Å². The third-order valence-corrected chi connectivity index (χ3v) is 5.58. The first-order valence-corrected chi connectivity index (χ1v) is 11.9. The van der Waals surface area contributed by atoms with Gasteiger partial charge in [-0.3, -0.25) is 4.98 Å². The van der Waals surface area contributed by atoms with E-state index >= 15 is 0 Å². The molecule has 6 nitrogen and oxygen atoms in total. The Morgan fingerprint density at radius 1 is 1.25 bits per heavy atom. The minimum Gasteiger partial charge on any atom is -0.473 e. The van der Waals surface area contributed by atoms with Crippen molar-refractivity contribution in [1.29, 1.82) is 0 Å². The Morgan fingerprint density at radius 2 is 1.83 bits per heavy atom. The SMILES string of the molecule is Cc1nc(B2OC(C)(C)C(C)(C)O2)cnc1OCC(C)(C)OPI. The molecule has 0 saturated carbocycles. The van der Waals surface area contributed by atoms with E-state index in [0.29, 0.717) is 30.2 Å². The molecule has 1 aliphatic heterocycles. The molecule has 1 atom stereocenters. The average molecular weight is 466 g/mol. The topological polar surface area (TPSA) is 62.7 Å². The number of hydrogen-bond donors (Lipinski definition) is 0. The summed E-state index contributed by atoms with van der Waals surface area (Å²) in [6.45, 7) is 14.7. The third kappa shape index (κ3) is 4.58. The van der Waals surface area contributed by atoms with Gasteiger partial charge in [0.05, 0.1) is 28.9 Å². The minimum atomic E-state index is -0.518. The van der Waals surface area contributed by atoms with Gasteiger partial charge in [0.2, 0.25) is 5.88 Å². The minimum absolute atomic E-state index is 0.363. The summed E-state index contributed by atoms with van der Waals surface area (Å²) in [7, 11) is -0.518. The van der Waals surface area contributed by atoms with Crippen LogP contribution in [0.5, 0.6) is 5.88 Å². The van der Waals surface area contributed by atoms with E-state index in [1.165, 1.54) is 0 Å². The number of rotatable bonds is 6. The monoisotopic (exact) mass is 466 g/mol. The molecule has 1 unspecified atom stereocenters. The second kappa shape index (κ2) is 7.31. The van der Waals surface area contributed by atoms with Crippen LogP contribution in [0.2, 0.25) is 0 Å². The number of ether oxygens (including phenoxy) is 1. The van der Waals surface area contributed by atoms with Crippen molar-refractivity contribution < 1.29 is 18.6 Å². The van der Waals surface area contributed by atoms with Crippen LogP contribution < -0.4 is 10.3 Å². The lowest BCUT2D eigenvalue weighted by Gasteiger charge is -2.32. The second-order valence-electron chi connectivity index (χ2n) is 7.50. The van der Waals surface area contributed by atoms with Gasteiger partial charge in [0.25, 0.3) is 0 Å². The molecule has 0 amide bonds. The Hall–Kier alpha value is -0.0151. The molecule has 0 aliphatic carbocycles. The molecule has 0 aromatic carbocycles. The number of aryl methyl sites for hydroxylation is 1. The lowest BCUT2D eigenvalue weighted by atomic mass is 9.85. The number of aromatic nitrogens is 2. The van der Waals surface area contributed by atoms with E-state index < -0.39 is 18.3 Å². The van der Waals surface area contributed by atoms with Crippen LogP contribution in [0, 0.1) is 6.92 Å². The van der Waals surface area contributed by atoms with Crippen LogP contribution in [-0.2, 0) is 13.8 Å². The van der Waals surface area contributed by atoms with Crippen molar-refractivity contribution in [2.24, 2.45) is 0 Å². The summed E-state index contributed by atoms with van der Waals surface area (Å²) < 4.78 is 23.4. The van der Waals surface area contributed by atoms with Gasteiger partial charge in [-0.2, -0.15) is 0 Å². The van der Waals surface area contributed by atoms with Crippen molar-refractivity contribution >= 4 is 41.2 Å². The maximum Gasteiger partial charge on any atom is 0.516 e. The molecular weight excluding hydrogens is 441 g/mol. The Kier molecular flexibility index (Phi) is 6.18. The number of hydrogen-bond acceptors (Lipinski definition) is 6. The first kappa shape index (κ1) is 20.3. The molecule has 0 N–H and O–H groups in total. The smallest absolute Gasteiger partial charge is 0.473 e. The fourth-order valence-corrected chi connectivity index (χ4v) is 4.14. The zero-order valence-corrected chi connectivity index (χ0v) is 18.4. The summed E-state index contributed by atoms with van der Waals surface area (Å²) in [5.41, 5.74) is 0.198. The molecule has 134 valence electrons. The van der Waals surface area contributed by atoms with Crippen molar-refractivity contribution in [3.05, 3.63) is 11.9 Å². The van der Waals surface area contributed by atoms with Crippen LogP contribution in [0.3, 0.4) is 0 Å². The second-order valence-corrected chi connectivity index (χ2v) is 9.18. The molecule has 1 aromatic heterocycles. The van der Waals surface area contributed by atoms with Gasteiger partial charge in [0.15, 0.2) is 0 Å². The maximum atomic E-state index is 6.01. The van der Waals surface area contributed by atoms with Crippen molar-refractivity contribution in [2.45, 2.75) is 65.3 Å². The van der Waals surface area contributed by atoms with Crippen LogP contribution in [0.4, 0.5) is 0 Å². The van der Waals surface area contributed by atoms with Crippen molar-refractivity contribution in [1.82, 2.24) is 9.97 Å². The van der Waals surface area contributed by atoms with E-state index in [9.17, 15) is 0 Å². The predicted molar refractivity (Wildman–Crippen MR) is 105 cm³/mol. The van der Waals surface area contributed by atoms with Crippen LogP contribution in [0.1, 0.15) is 47.2 Å². The molecule has 1 saturated heterocycles. The Labute approximate surface area is 159 Å². The summed E-state index contributed by atoms with van der Waals surface area (Å²) in [6.07, 6.45) is 1.65. The Bertz CT molecular complexity index is 585. The average Bonchev–Trinajstić information content (AvgIpc) is 2.66. The molecule has 0 bridgehead atoms. The molecule has 2 heterocycles. The van der Waals surface area contributed by atoms with Crippen LogP contribution in [0.25, 0.3) is 0 Å². The summed E-state index contributed by atoms with van der Waals surface area (Å²) in [6, 6.07) is 0. The summed E-state index contributed by atoms with van der Waals surface area (Å²) >= 11 is 2.20. The van der Waals surface area contributed by atoms with Gasteiger partial charge >= 0.3 is 7.12 Å². The summed E-state index contributed by atoms with van der Waals surface area (Å²) in [5.74, 6) is 0.503. The largest absolute Gasteiger partial charge is 0.516 e. The lowest BCUT2D eigenvalue weighted by molar-refractivity contribution is 0.00578. The Morgan fingerprint density at radius 3 is 2.33 bits per heavy atom. The molecule has 1 aromatic rings. The van der Waals surface area contributed by atoms with Crippen molar-refractivity contribution in [3.63, 3.8) is 0 Å². The highest BCUT2D eigenvalue weighted by atomic mass is 127. The lowest BCUT2D eigenvalue weighted by Crippen LogP contribution is -2.41. The van der Waals surface area contributed by atoms with E-state index in [4.69, 9.17) is 18.6 Å². The van der Waals surface area contributed by atoms with Gasteiger partial charge in [-0.25, -0.2) is 4.98 Å². The van der Waals surface area contributed by atoms with E-state index in [2.05, 4.69) is 32.0 Å². The quantitative estimate of drug-likeness (QED) is 0.365. The summed E-state index contributed by atoms with van der Waals surface area (Å²) in [5, 5.41) is 0. The van der Waals surface area contributed by atoms with Gasteiger partial charge < -0.3 is 18.6 Å². The first-order valence-electron chi connectivity index (χ1n) is 7.83. The summed E-state index contributed by atoms with van der Waals surface area (Å²) in [4.78, 5) is 8.94. The maximum absolute atomic E-state index is 6.01. The van der Waals surface area contributed by atoms with E-state index in [1.807, 2.05) is 48.5 Å². The van der Waals surface area contributed by atoms with Gasteiger partial charge in [-0.05, 0) is 70.5 Å². The fourth-order valence-electron chi connectivity index (χ4n) is 2.08. The molecule has 0 radical (unpaired) electrons. The van der Waals surface area contributed by atoms with Gasteiger partial charge in [-0.1, -0.05) is 0 Å². The van der Waals surface area contributed by atoms with Crippen LogP contribution in [-0.4, -0.2) is 40.5 Å². The molecular formula is C15H25BIN2O4P. The van der Waals surface area contributed by atoms with Crippen LogP contribution >= 0.6 is 28.5 Å². The highest BCUT2D eigenvalue weighted by Gasteiger charge is 2.52.